The van der Waals surface area contributed by atoms with Gasteiger partial charge in [0.05, 0.1) is 18.2 Å². The van der Waals surface area contributed by atoms with Gasteiger partial charge in [-0.15, -0.1) is 0 Å². The molecule has 0 bridgehead atoms. The van der Waals surface area contributed by atoms with Gasteiger partial charge in [0.25, 0.3) is 0 Å². The summed E-state index contributed by atoms with van der Waals surface area (Å²) >= 11 is 5.89. The molecule has 0 amide bonds. The summed E-state index contributed by atoms with van der Waals surface area (Å²) in [4.78, 5) is 0. The predicted molar refractivity (Wildman–Crippen MR) is 79.9 cm³/mol. The van der Waals surface area contributed by atoms with E-state index in [0.717, 1.165) is 23.4 Å². The largest absolute Gasteiger partial charge is 0.496 e. The van der Waals surface area contributed by atoms with Crippen molar-refractivity contribution in [2.75, 3.05) is 13.7 Å². The molecule has 2 aromatic carbocycles. The van der Waals surface area contributed by atoms with Gasteiger partial charge < -0.3 is 10.1 Å². The Bertz CT molecular complexity index is 588. The summed E-state index contributed by atoms with van der Waals surface area (Å²) in [7, 11) is 1.64. The van der Waals surface area contributed by atoms with E-state index in [4.69, 9.17) is 16.3 Å². The number of hydrogen-bond acceptors (Lipinski definition) is 2. The minimum absolute atomic E-state index is 0.0887. The van der Waals surface area contributed by atoms with Crippen LogP contribution in [0.25, 0.3) is 0 Å². The highest BCUT2D eigenvalue weighted by Gasteiger charge is 2.18. The van der Waals surface area contributed by atoms with Crippen molar-refractivity contribution in [2.45, 2.75) is 13.0 Å². The molecular formula is C16H17ClFNO. The van der Waals surface area contributed by atoms with Crippen molar-refractivity contribution in [1.82, 2.24) is 5.32 Å². The standard InChI is InChI=1S/C16H17ClFNO/c1-3-19-16(11-8-9-14(18)13(17)10-11)12-6-4-5-7-15(12)20-2/h4-10,16,19H,3H2,1-2H3. The van der Waals surface area contributed by atoms with Crippen LogP contribution in [0.5, 0.6) is 5.75 Å². The second-order valence-electron chi connectivity index (χ2n) is 4.41. The van der Waals surface area contributed by atoms with Crippen molar-refractivity contribution in [1.29, 1.82) is 0 Å². The number of para-hydroxylation sites is 1. The van der Waals surface area contributed by atoms with Crippen LogP contribution in [0, 0.1) is 5.82 Å². The Morgan fingerprint density at radius 3 is 2.65 bits per heavy atom. The number of halogens is 2. The Morgan fingerprint density at radius 1 is 1.25 bits per heavy atom. The van der Waals surface area contributed by atoms with Crippen LogP contribution < -0.4 is 10.1 Å². The molecule has 0 aliphatic heterocycles. The molecule has 2 nitrogen and oxygen atoms in total. The molecule has 0 aliphatic rings. The van der Waals surface area contributed by atoms with Gasteiger partial charge >= 0.3 is 0 Å². The summed E-state index contributed by atoms with van der Waals surface area (Å²) in [6.45, 7) is 2.80. The topological polar surface area (TPSA) is 21.3 Å². The van der Waals surface area contributed by atoms with Crippen molar-refractivity contribution in [3.05, 3.63) is 64.4 Å². The summed E-state index contributed by atoms with van der Waals surface area (Å²) in [5.74, 6) is 0.379. The quantitative estimate of drug-likeness (QED) is 0.892. The van der Waals surface area contributed by atoms with Gasteiger partial charge in [-0.25, -0.2) is 4.39 Å². The van der Waals surface area contributed by atoms with E-state index in [-0.39, 0.29) is 11.1 Å². The maximum Gasteiger partial charge on any atom is 0.141 e. The molecule has 0 saturated carbocycles. The Morgan fingerprint density at radius 2 is 2.00 bits per heavy atom. The molecule has 0 spiro atoms. The Labute approximate surface area is 123 Å². The Hall–Kier alpha value is -1.58. The molecule has 1 N–H and O–H groups in total. The molecular weight excluding hydrogens is 277 g/mol. The molecule has 0 heterocycles. The van der Waals surface area contributed by atoms with E-state index in [1.807, 2.05) is 31.2 Å². The molecule has 1 unspecified atom stereocenters. The molecule has 0 aliphatic carbocycles. The highest BCUT2D eigenvalue weighted by Crippen LogP contribution is 2.31. The van der Waals surface area contributed by atoms with Gasteiger partial charge in [-0.2, -0.15) is 0 Å². The fourth-order valence-electron chi connectivity index (χ4n) is 2.21. The zero-order valence-corrected chi connectivity index (χ0v) is 12.2. The van der Waals surface area contributed by atoms with Gasteiger partial charge in [0.1, 0.15) is 11.6 Å². The lowest BCUT2D eigenvalue weighted by Crippen LogP contribution is -2.22. The number of benzene rings is 2. The number of hydrogen-bond donors (Lipinski definition) is 1. The lowest BCUT2D eigenvalue weighted by molar-refractivity contribution is 0.404. The summed E-state index contributed by atoms with van der Waals surface area (Å²) in [5.41, 5.74) is 1.90. The second kappa shape index (κ2) is 6.73. The SMILES string of the molecule is CCNC(c1ccc(F)c(Cl)c1)c1ccccc1OC. The van der Waals surface area contributed by atoms with Crippen molar-refractivity contribution < 1.29 is 9.13 Å². The van der Waals surface area contributed by atoms with E-state index in [1.54, 1.807) is 19.2 Å². The second-order valence-corrected chi connectivity index (χ2v) is 4.81. The van der Waals surface area contributed by atoms with Crippen LogP contribution in [0.3, 0.4) is 0 Å². The zero-order valence-electron chi connectivity index (χ0n) is 11.5. The van der Waals surface area contributed by atoms with Crippen molar-refractivity contribution in [3.63, 3.8) is 0 Å². The van der Waals surface area contributed by atoms with Crippen LogP contribution in [-0.2, 0) is 0 Å². The molecule has 106 valence electrons. The Kier molecular flexibility index (Phi) is 4.99. The van der Waals surface area contributed by atoms with Crippen LogP contribution in [0.15, 0.2) is 42.5 Å². The van der Waals surface area contributed by atoms with E-state index in [2.05, 4.69) is 5.32 Å². The first kappa shape index (κ1) is 14.8. The third kappa shape index (κ3) is 3.11. The van der Waals surface area contributed by atoms with E-state index in [1.165, 1.54) is 6.07 Å². The van der Waals surface area contributed by atoms with Crippen molar-refractivity contribution in [2.24, 2.45) is 0 Å². The molecule has 0 radical (unpaired) electrons. The van der Waals surface area contributed by atoms with Crippen LogP contribution in [0.1, 0.15) is 24.1 Å². The molecule has 0 fully saturated rings. The number of nitrogens with one attached hydrogen (secondary N) is 1. The van der Waals surface area contributed by atoms with Gasteiger partial charge in [0.2, 0.25) is 0 Å². The highest BCUT2D eigenvalue weighted by molar-refractivity contribution is 6.30. The first-order valence-electron chi connectivity index (χ1n) is 6.48. The monoisotopic (exact) mass is 293 g/mol. The van der Waals surface area contributed by atoms with E-state index < -0.39 is 5.82 Å². The molecule has 20 heavy (non-hydrogen) atoms. The van der Waals surface area contributed by atoms with Crippen molar-refractivity contribution in [3.8, 4) is 5.75 Å². The normalized spacial score (nSPS) is 12.2. The first-order chi connectivity index (χ1) is 9.67. The predicted octanol–water partition coefficient (Wildman–Crippen LogP) is 4.19. The lowest BCUT2D eigenvalue weighted by atomic mass is 9.97. The average Bonchev–Trinajstić information content (AvgIpc) is 2.48. The summed E-state index contributed by atoms with van der Waals surface area (Å²) < 4.78 is 18.7. The van der Waals surface area contributed by atoms with Crippen LogP contribution in [0.4, 0.5) is 4.39 Å². The third-order valence-corrected chi connectivity index (χ3v) is 3.42. The number of rotatable bonds is 5. The summed E-state index contributed by atoms with van der Waals surface area (Å²) in [6.07, 6.45) is 0. The molecule has 2 aromatic rings. The van der Waals surface area contributed by atoms with E-state index in [9.17, 15) is 4.39 Å². The molecule has 0 aromatic heterocycles. The lowest BCUT2D eigenvalue weighted by Gasteiger charge is -2.21. The molecule has 2 rings (SSSR count). The maximum absolute atomic E-state index is 13.3. The van der Waals surface area contributed by atoms with Crippen LogP contribution >= 0.6 is 11.6 Å². The highest BCUT2D eigenvalue weighted by atomic mass is 35.5. The zero-order chi connectivity index (χ0) is 14.5. The van der Waals surface area contributed by atoms with E-state index in [0.29, 0.717) is 0 Å². The molecule has 1 atom stereocenters. The first-order valence-corrected chi connectivity index (χ1v) is 6.86. The smallest absolute Gasteiger partial charge is 0.141 e. The minimum Gasteiger partial charge on any atom is -0.496 e. The third-order valence-electron chi connectivity index (χ3n) is 3.14. The van der Waals surface area contributed by atoms with Gasteiger partial charge in [0.15, 0.2) is 0 Å². The van der Waals surface area contributed by atoms with Crippen LogP contribution in [0.2, 0.25) is 5.02 Å². The maximum atomic E-state index is 13.3. The summed E-state index contributed by atoms with van der Waals surface area (Å²) in [5, 5.41) is 3.50. The fraction of sp³-hybridized carbons (Fsp3) is 0.250. The molecule has 4 heteroatoms. The van der Waals surface area contributed by atoms with Gasteiger partial charge in [-0.05, 0) is 30.3 Å². The van der Waals surface area contributed by atoms with Crippen LogP contribution in [-0.4, -0.2) is 13.7 Å². The average molecular weight is 294 g/mol. The summed E-state index contributed by atoms with van der Waals surface area (Å²) in [6, 6.07) is 12.5. The van der Waals surface area contributed by atoms with Gasteiger partial charge in [-0.3, -0.25) is 0 Å². The van der Waals surface area contributed by atoms with Gasteiger partial charge in [-0.1, -0.05) is 42.8 Å². The fourth-order valence-corrected chi connectivity index (χ4v) is 2.40. The number of ether oxygens (including phenoxy) is 1. The van der Waals surface area contributed by atoms with Gasteiger partial charge in [0, 0.05) is 5.56 Å². The van der Waals surface area contributed by atoms with E-state index >= 15 is 0 Å². The Balaban J connectivity index is 2.47. The number of methoxy groups -OCH3 is 1. The minimum atomic E-state index is -0.411. The van der Waals surface area contributed by atoms with Crippen molar-refractivity contribution >= 4 is 11.6 Å². The molecule has 0 saturated heterocycles.